The van der Waals surface area contributed by atoms with E-state index in [2.05, 4.69) is 10.3 Å². The van der Waals surface area contributed by atoms with Crippen LogP contribution in [-0.4, -0.2) is 47.6 Å². The highest BCUT2D eigenvalue weighted by Crippen LogP contribution is 2.22. The Hall–Kier alpha value is -3.24. The van der Waals surface area contributed by atoms with Crippen molar-refractivity contribution in [2.24, 2.45) is 5.92 Å². The van der Waals surface area contributed by atoms with Gasteiger partial charge in [-0.15, -0.1) is 0 Å². The van der Waals surface area contributed by atoms with Gasteiger partial charge in [0.05, 0.1) is 5.56 Å². The van der Waals surface area contributed by atoms with Crippen LogP contribution in [0.4, 0.5) is 22.0 Å². The lowest BCUT2D eigenvalue weighted by molar-refractivity contribution is -0.154. The van der Waals surface area contributed by atoms with Crippen molar-refractivity contribution in [3.8, 4) is 5.88 Å². The molecule has 0 unspecified atom stereocenters. The maximum absolute atomic E-state index is 13.8. The molecule has 0 atom stereocenters. The largest absolute Gasteiger partial charge is 0.468 e. The number of amides is 2. The first-order chi connectivity index (χ1) is 15.1. The predicted molar refractivity (Wildman–Crippen MR) is 103 cm³/mol. The van der Waals surface area contributed by atoms with Crippen molar-refractivity contribution in [1.82, 2.24) is 15.2 Å². The Balaban J connectivity index is 1.52. The first-order valence-electron chi connectivity index (χ1n) is 9.79. The topological polar surface area (TPSA) is 71.5 Å². The number of likely N-dealkylation sites (tertiary alicyclic amines) is 1. The van der Waals surface area contributed by atoms with E-state index in [-0.39, 0.29) is 37.0 Å². The average Bonchev–Trinajstić information content (AvgIpc) is 2.76. The maximum Gasteiger partial charge on any atom is 0.422 e. The van der Waals surface area contributed by atoms with Crippen LogP contribution in [0.5, 0.6) is 5.88 Å². The molecule has 1 N–H and O–H groups in total. The van der Waals surface area contributed by atoms with Crippen LogP contribution in [0.25, 0.3) is 0 Å². The molecule has 0 spiro atoms. The smallest absolute Gasteiger partial charge is 0.422 e. The van der Waals surface area contributed by atoms with Gasteiger partial charge in [-0.2, -0.15) is 13.2 Å². The summed E-state index contributed by atoms with van der Waals surface area (Å²) in [4.78, 5) is 30.1. The van der Waals surface area contributed by atoms with Crippen LogP contribution in [0.1, 0.15) is 28.8 Å². The Morgan fingerprint density at radius 2 is 1.88 bits per heavy atom. The molecule has 3 rings (SSSR count). The molecule has 1 aromatic heterocycles. The zero-order valence-electron chi connectivity index (χ0n) is 16.8. The zero-order chi connectivity index (χ0) is 23.3. The van der Waals surface area contributed by atoms with Crippen LogP contribution in [0.3, 0.4) is 0 Å². The summed E-state index contributed by atoms with van der Waals surface area (Å²) in [6.07, 6.45) is -2.58. The van der Waals surface area contributed by atoms with E-state index >= 15 is 0 Å². The quantitative estimate of drug-likeness (QED) is 0.675. The highest BCUT2D eigenvalue weighted by molar-refractivity contribution is 5.94. The fourth-order valence-electron chi connectivity index (χ4n) is 3.34. The number of ether oxygens (including phenoxy) is 1. The van der Waals surface area contributed by atoms with Crippen molar-refractivity contribution in [1.29, 1.82) is 0 Å². The molecule has 11 heteroatoms. The number of piperidine rings is 1. The van der Waals surface area contributed by atoms with Crippen molar-refractivity contribution < 1.29 is 36.3 Å². The first kappa shape index (κ1) is 23.4. The molecule has 1 aliphatic heterocycles. The fourth-order valence-corrected chi connectivity index (χ4v) is 3.34. The Bertz CT molecular complexity index is 975. The van der Waals surface area contributed by atoms with Gasteiger partial charge in [-0.25, -0.2) is 13.8 Å². The summed E-state index contributed by atoms with van der Waals surface area (Å²) in [5.74, 6) is -3.27. The molecule has 1 aliphatic rings. The fraction of sp³-hybridized carbons (Fsp3) is 0.381. The number of hydrogen-bond acceptors (Lipinski definition) is 4. The molecule has 1 aromatic carbocycles. The molecule has 2 aromatic rings. The maximum atomic E-state index is 13.8. The van der Waals surface area contributed by atoms with E-state index < -0.39 is 36.2 Å². The summed E-state index contributed by atoms with van der Waals surface area (Å²) >= 11 is 0. The Labute approximate surface area is 180 Å². The van der Waals surface area contributed by atoms with E-state index in [1.54, 1.807) is 0 Å². The number of aromatic nitrogens is 1. The number of nitrogens with one attached hydrogen (secondary N) is 1. The van der Waals surface area contributed by atoms with Crippen molar-refractivity contribution >= 4 is 11.8 Å². The second kappa shape index (κ2) is 9.92. The van der Waals surface area contributed by atoms with E-state index in [9.17, 15) is 31.5 Å². The van der Waals surface area contributed by atoms with Gasteiger partial charge in [-0.1, -0.05) is 6.07 Å². The molecule has 2 amide bonds. The molecule has 172 valence electrons. The van der Waals surface area contributed by atoms with Crippen LogP contribution in [0.15, 0.2) is 36.5 Å². The van der Waals surface area contributed by atoms with E-state index in [1.807, 2.05) is 0 Å². The second-order valence-electron chi connectivity index (χ2n) is 7.28. The summed E-state index contributed by atoms with van der Waals surface area (Å²) in [7, 11) is 0. The van der Waals surface area contributed by atoms with Crippen LogP contribution < -0.4 is 10.1 Å². The van der Waals surface area contributed by atoms with Gasteiger partial charge in [0.25, 0.3) is 5.91 Å². The Morgan fingerprint density at radius 1 is 1.16 bits per heavy atom. The summed E-state index contributed by atoms with van der Waals surface area (Å²) in [6.45, 7) is -1.15. The molecule has 0 aliphatic carbocycles. The summed E-state index contributed by atoms with van der Waals surface area (Å²) in [5.41, 5.74) is 0.0572. The van der Waals surface area contributed by atoms with Gasteiger partial charge < -0.3 is 15.0 Å². The number of alkyl halides is 3. The minimum Gasteiger partial charge on any atom is -0.468 e. The number of hydrogen-bond donors (Lipinski definition) is 1. The first-order valence-corrected chi connectivity index (χ1v) is 9.79. The van der Waals surface area contributed by atoms with Gasteiger partial charge >= 0.3 is 6.18 Å². The van der Waals surface area contributed by atoms with Crippen molar-refractivity contribution in [2.75, 3.05) is 19.7 Å². The lowest BCUT2D eigenvalue weighted by Gasteiger charge is -2.31. The molecule has 32 heavy (non-hydrogen) atoms. The summed E-state index contributed by atoms with van der Waals surface area (Å²) in [5, 5.41) is 2.65. The zero-order valence-corrected chi connectivity index (χ0v) is 16.8. The van der Waals surface area contributed by atoms with Gasteiger partial charge in [0.15, 0.2) is 6.61 Å². The van der Waals surface area contributed by atoms with Crippen LogP contribution in [-0.2, 0) is 11.3 Å². The molecule has 2 heterocycles. The molecule has 0 saturated carbocycles. The van der Waals surface area contributed by atoms with Gasteiger partial charge in [-0.3, -0.25) is 9.59 Å². The highest BCUT2D eigenvalue weighted by Gasteiger charge is 2.30. The third kappa shape index (κ3) is 6.14. The molecular weight excluding hydrogens is 437 g/mol. The summed E-state index contributed by atoms with van der Waals surface area (Å²) in [6, 6.07) is 5.73. The predicted octanol–water partition coefficient (Wildman–Crippen LogP) is 3.47. The number of carbonyl (C=O) groups excluding carboxylic acids is 2. The van der Waals surface area contributed by atoms with Crippen LogP contribution in [0.2, 0.25) is 0 Å². The minimum absolute atomic E-state index is 0.0696. The van der Waals surface area contributed by atoms with Crippen molar-refractivity contribution in [3.63, 3.8) is 0 Å². The van der Waals surface area contributed by atoms with E-state index in [4.69, 9.17) is 4.74 Å². The molecule has 0 radical (unpaired) electrons. The number of rotatable bonds is 6. The van der Waals surface area contributed by atoms with Gasteiger partial charge in [0.1, 0.15) is 11.6 Å². The van der Waals surface area contributed by atoms with Crippen LogP contribution in [0, 0.1) is 17.6 Å². The van der Waals surface area contributed by atoms with Crippen molar-refractivity contribution in [2.45, 2.75) is 25.6 Å². The van der Waals surface area contributed by atoms with Gasteiger partial charge in [0.2, 0.25) is 11.8 Å². The van der Waals surface area contributed by atoms with Gasteiger partial charge in [-0.05, 0) is 31.0 Å². The lowest BCUT2D eigenvalue weighted by atomic mass is 9.95. The van der Waals surface area contributed by atoms with Gasteiger partial charge in [0, 0.05) is 43.4 Å². The number of carbonyl (C=O) groups is 2. The SMILES string of the molecule is O=C(NCc1cccnc1OCC(F)(F)F)C1CCN(C(=O)c2ccc(F)cc2F)CC1. The number of benzene rings is 1. The molecule has 1 fully saturated rings. The Kier molecular flexibility index (Phi) is 7.26. The van der Waals surface area contributed by atoms with E-state index in [0.29, 0.717) is 24.5 Å². The third-order valence-electron chi connectivity index (χ3n) is 4.99. The molecule has 6 nitrogen and oxygen atoms in total. The third-order valence-corrected chi connectivity index (χ3v) is 4.99. The number of nitrogens with zero attached hydrogens (tertiary/aromatic N) is 2. The summed E-state index contributed by atoms with van der Waals surface area (Å²) < 4.78 is 68.7. The Morgan fingerprint density at radius 3 is 2.53 bits per heavy atom. The average molecular weight is 457 g/mol. The lowest BCUT2D eigenvalue weighted by Crippen LogP contribution is -2.43. The van der Waals surface area contributed by atoms with E-state index in [0.717, 1.165) is 12.1 Å². The highest BCUT2D eigenvalue weighted by atomic mass is 19.4. The monoisotopic (exact) mass is 457 g/mol. The molecule has 1 saturated heterocycles. The van der Waals surface area contributed by atoms with E-state index in [1.165, 1.54) is 23.2 Å². The number of halogens is 5. The minimum atomic E-state index is -4.51. The standard InChI is InChI=1S/C21H20F5N3O3/c22-15-3-4-16(17(23)10-15)20(31)29-8-5-13(6-9-29)18(30)28-11-14-2-1-7-27-19(14)32-12-21(24,25)26/h1-4,7,10,13H,5-6,8-9,11-12H2,(H,28,30). The van der Waals surface area contributed by atoms with Crippen LogP contribution >= 0.6 is 0 Å². The molecule has 0 bridgehead atoms. The second-order valence-corrected chi connectivity index (χ2v) is 7.28. The normalized spacial score (nSPS) is 14.8. The number of pyridine rings is 1. The molecular formula is C21H20F5N3O3. The van der Waals surface area contributed by atoms with Crippen molar-refractivity contribution in [3.05, 3.63) is 59.3 Å².